The summed E-state index contributed by atoms with van der Waals surface area (Å²) in [6.45, 7) is 3.64. The van der Waals surface area contributed by atoms with Gasteiger partial charge in [0.05, 0.1) is 0 Å². The van der Waals surface area contributed by atoms with Gasteiger partial charge in [-0.15, -0.1) is 0 Å². The van der Waals surface area contributed by atoms with Crippen molar-refractivity contribution in [3.05, 3.63) is 0 Å². The van der Waals surface area contributed by atoms with Crippen LogP contribution in [-0.4, -0.2) is 49.1 Å². The first-order chi connectivity index (χ1) is 5.16. The van der Waals surface area contributed by atoms with E-state index in [0.29, 0.717) is 19.6 Å². The number of halogens is 2. The molecule has 0 aromatic rings. The predicted molar refractivity (Wildman–Crippen MR) is 39.7 cm³/mol. The quantitative estimate of drug-likeness (QED) is 0.530. The molecule has 2 unspecified atom stereocenters. The Morgan fingerprint density at radius 2 is 1.91 bits per heavy atom. The molecule has 0 aromatic carbocycles. The van der Waals surface area contributed by atoms with Crippen molar-refractivity contribution >= 4 is 0 Å². The predicted octanol–water partition coefficient (Wildman–Crippen LogP) is 0.845. The summed E-state index contributed by atoms with van der Waals surface area (Å²) < 4.78 is 25.9. The molecule has 1 heterocycles. The monoisotopic (exact) mass is 164 g/mol. The molecule has 0 amide bonds. The number of hydrogen-bond donors (Lipinski definition) is 0. The molecule has 2 atom stereocenters. The van der Waals surface area contributed by atoms with E-state index in [0.717, 1.165) is 0 Å². The third-order valence-corrected chi connectivity index (χ3v) is 2.14. The minimum atomic E-state index is -1.45. The Morgan fingerprint density at radius 3 is 2.45 bits per heavy atom. The molecule has 0 bridgehead atoms. The summed E-state index contributed by atoms with van der Waals surface area (Å²) in [5.41, 5.74) is 0. The van der Waals surface area contributed by atoms with E-state index >= 15 is 0 Å². The van der Waals surface area contributed by atoms with Crippen molar-refractivity contribution in [3.8, 4) is 0 Å². The van der Waals surface area contributed by atoms with Gasteiger partial charge in [-0.1, -0.05) is 6.92 Å². The third kappa shape index (κ3) is 1.68. The fourth-order valence-corrected chi connectivity index (χ4v) is 1.25. The molecule has 1 aliphatic rings. The van der Waals surface area contributed by atoms with E-state index in [1.807, 2.05) is 6.92 Å². The van der Waals surface area contributed by atoms with E-state index < -0.39 is 12.6 Å². The van der Waals surface area contributed by atoms with Crippen molar-refractivity contribution in [3.63, 3.8) is 0 Å². The molecule has 0 radical (unpaired) electrons. The highest BCUT2D eigenvalue weighted by atomic mass is 19.2. The maximum atomic E-state index is 13.0. The Hall–Kier alpha value is -0.220. The van der Waals surface area contributed by atoms with Crippen molar-refractivity contribution in [2.75, 3.05) is 26.7 Å². The standard InChI is InChI=1S/C7H14F2N2/c1-3-11-5-4-10(2)6(8)7(11)9/h6-7H,3-5H2,1-2H3. The maximum absolute atomic E-state index is 13.0. The first-order valence-corrected chi connectivity index (χ1v) is 3.89. The van der Waals surface area contributed by atoms with Gasteiger partial charge in [0.15, 0.2) is 12.6 Å². The molecule has 1 aliphatic heterocycles. The normalized spacial score (nSPS) is 36.0. The van der Waals surface area contributed by atoms with Crippen molar-refractivity contribution in [2.24, 2.45) is 0 Å². The zero-order valence-electron chi connectivity index (χ0n) is 6.93. The number of likely N-dealkylation sites (N-methyl/N-ethyl adjacent to an activating group) is 2. The molecule has 4 heteroatoms. The molecule has 0 saturated carbocycles. The van der Waals surface area contributed by atoms with Gasteiger partial charge in [-0.2, -0.15) is 0 Å². The Kier molecular flexibility index (Phi) is 2.78. The van der Waals surface area contributed by atoms with E-state index in [4.69, 9.17) is 0 Å². The SMILES string of the molecule is CCN1CCN(C)C(F)C1F. The molecule has 0 N–H and O–H groups in total. The summed E-state index contributed by atoms with van der Waals surface area (Å²) >= 11 is 0. The Bertz CT molecular complexity index is 130. The molecule has 0 spiro atoms. The van der Waals surface area contributed by atoms with Crippen molar-refractivity contribution < 1.29 is 8.78 Å². The number of rotatable bonds is 1. The fourth-order valence-electron chi connectivity index (χ4n) is 1.25. The fraction of sp³-hybridized carbons (Fsp3) is 1.00. The molecule has 11 heavy (non-hydrogen) atoms. The van der Waals surface area contributed by atoms with Crippen molar-refractivity contribution in [1.29, 1.82) is 0 Å². The average Bonchev–Trinajstić information content (AvgIpc) is 2.01. The Labute approximate surface area is 65.8 Å². The van der Waals surface area contributed by atoms with Crippen LogP contribution < -0.4 is 0 Å². The molecule has 0 aliphatic carbocycles. The highest BCUT2D eigenvalue weighted by Crippen LogP contribution is 2.17. The molecule has 1 rings (SSSR count). The zero-order chi connectivity index (χ0) is 8.43. The van der Waals surface area contributed by atoms with Crippen LogP contribution in [0.4, 0.5) is 8.78 Å². The van der Waals surface area contributed by atoms with Gasteiger partial charge in [0.1, 0.15) is 0 Å². The van der Waals surface area contributed by atoms with Crippen molar-refractivity contribution in [1.82, 2.24) is 9.80 Å². The smallest absolute Gasteiger partial charge is 0.198 e. The second-order valence-corrected chi connectivity index (χ2v) is 2.85. The molecule has 1 fully saturated rings. The van der Waals surface area contributed by atoms with E-state index in [9.17, 15) is 8.78 Å². The van der Waals surface area contributed by atoms with E-state index in [-0.39, 0.29) is 0 Å². The number of piperazine rings is 1. The lowest BCUT2D eigenvalue weighted by Crippen LogP contribution is -2.54. The van der Waals surface area contributed by atoms with Crippen molar-refractivity contribution in [2.45, 2.75) is 19.5 Å². The van der Waals surface area contributed by atoms with Crippen LogP contribution in [0.15, 0.2) is 0 Å². The van der Waals surface area contributed by atoms with Gasteiger partial charge < -0.3 is 0 Å². The number of alkyl halides is 2. The molecular weight excluding hydrogens is 150 g/mol. The summed E-state index contributed by atoms with van der Waals surface area (Å²) in [4.78, 5) is 2.90. The highest BCUT2D eigenvalue weighted by Gasteiger charge is 2.33. The molecule has 66 valence electrons. The van der Waals surface area contributed by atoms with Gasteiger partial charge in [-0.3, -0.25) is 9.80 Å². The van der Waals surface area contributed by atoms with Gasteiger partial charge in [-0.25, -0.2) is 8.78 Å². The topological polar surface area (TPSA) is 6.48 Å². The van der Waals surface area contributed by atoms with Crippen LogP contribution >= 0.6 is 0 Å². The van der Waals surface area contributed by atoms with Crippen LogP contribution in [-0.2, 0) is 0 Å². The number of nitrogens with zero attached hydrogens (tertiary/aromatic N) is 2. The summed E-state index contributed by atoms with van der Waals surface area (Å²) in [7, 11) is 1.60. The summed E-state index contributed by atoms with van der Waals surface area (Å²) in [6, 6.07) is 0. The van der Waals surface area contributed by atoms with E-state index in [1.54, 1.807) is 7.05 Å². The lowest BCUT2D eigenvalue weighted by Gasteiger charge is -2.37. The van der Waals surface area contributed by atoms with Gasteiger partial charge in [0.25, 0.3) is 0 Å². The lowest BCUT2D eigenvalue weighted by molar-refractivity contribution is -0.0912. The largest absolute Gasteiger partial charge is 0.272 e. The third-order valence-electron chi connectivity index (χ3n) is 2.14. The Morgan fingerprint density at radius 1 is 1.27 bits per heavy atom. The van der Waals surface area contributed by atoms with Crippen LogP contribution in [0, 0.1) is 0 Å². The van der Waals surface area contributed by atoms with Crippen LogP contribution in [0.1, 0.15) is 6.92 Å². The second kappa shape index (κ2) is 3.45. The molecule has 1 saturated heterocycles. The Balaban J connectivity index is 2.52. The van der Waals surface area contributed by atoms with E-state index in [1.165, 1.54) is 9.80 Å². The van der Waals surface area contributed by atoms with Gasteiger partial charge in [0.2, 0.25) is 0 Å². The minimum absolute atomic E-state index is 0.579. The average molecular weight is 164 g/mol. The second-order valence-electron chi connectivity index (χ2n) is 2.85. The van der Waals surface area contributed by atoms with Crippen LogP contribution in [0.2, 0.25) is 0 Å². The van der Waals surface area contributed by atoms with E-state index in [2.05, 4.69) is 0 Å². The first-order valence-electron chi connectivity index (χ1n) is 3.89. The first kappa shape index (κ1) is 8.87. The lowest BCUT2D eigenvalue weighted by atomic mass is 10.3. The minimum Gasteiger partial charge on any atom is -0.272 e. The molecule has 0 aromatic heterocycles. The summed E-state index contributed by atoms with van der Waals surface area (Å²) in [5.74, 6) is 0. The maximum Gasteiger partial charge on any atom is 0.198 e. The number of hydrogen-bond acceptors (Lipinski definition) is 2. The van der Waals surface area contributed by atoms with Crippen LogP contribution in [0.3, 0.4) is 0 Å². The highest BCUT2D eigenvalue weighted by molar-refractivity contribution is 4.76. The summed E-state index contributed by atoms with van der Waals surface area (Å²) in [5, 5.41) is 0. The van der Waals surface area contributed by atoms with Gasteiger partial charge in [-0.05, 0) is 13.6 Å². The summed E-state index contributed by atoms with van der Waals surface area (Å²) in [6.07, 6.45) is -2.90. The zero-order valence-corrected chi connectivity index (χ0v) is 6.93. The van der Waals surface area contributed by atoms with Crippen LogP contribution in [0.25, 0.3) is 0 Å². The van der Waals surface area contributed by atoms with Crippen LogP contribution in [0.5, 0.6) is 0 Å². The van der Waals surface area contributed by atoms with Gasteiger partial charge >= 0.3 is 0 Å². The van der Waals surface area contributed by atoms with Gasteiger partial charge in [0, 0.05) is 13.1 Å². The molecular formula is C7H14F2N2. The molecule has 2 nitrogen and oxygen atoms in total.